The first-order chi connectivity index (χ1) is 16.6. The van der Waals surface area contributed by atoms with Gasteiger partial charge in [0.15, 0.2) is 0 Å². The van der Waals surface area contributed by atoms with E-state index in [1.807, 2.05) is 0 Å². The standard InChI is InChI=1S/C25H33F3N6O/c1-24(2)18-13-34(14-19(18)24)12-11-33-9-6-16(7-10-33)31-23(35)22-17-3-4-21(30-15-25(26,27)28)32-20(17)5-8-29-22/h3-5,8,16,18-19H,6-7,9-15H2,1-2H3,(H,30,32)(H,31,35). The molecule has 1 amide bonds. The first-order valence-electron chi connectivity index (χ1n) is 12.4. The minimum Gasteiger partial charge on any atom is -0.361 e. The maximum absolute atomic E-state index is 13.0. The summed E-state index contributed by atoms with van der Waals surface area (Å²) in [5.41, 5.74) is 1.22. The largest absolute Gasteiger partial charge is 0.405 e. The second-order valence-electron chi connectivity index (χ2n) is 10.8. The smallest absolute Gasteiger partial charge is 0.361 e. The van der Waals surface area contributed by atoms with E-state index in [0.29, 0.717) is 16.3 Å². The highest BCUT2D eigenvalue weighted by molar-refractivity contribution is 6.04. The van der Waals surface area contributed by atoms with Crippen molar-refractivity contribution in [3.05, 3.63) is 30.1 Å². The van der Waals surface area contributed by atoms with Gasteiger partial charge in [0, 0.05) is 56.9 Å². The normalized spacial score (nSPS) is 24.9. The molecule has 35 heavy (non-hydrogen) atoms. The number of pyridine rings is 2. The third kappa shape index (κ3) is 5.38. The molecule has 1 aliphatic carbocycles. The summed E-state index contributed by atoms with van der Waals surface area (Å²) in [6.07, 6.45) is -1.10. The van der Waals surface area contributed by atoms with Gasteiger partial charge in [0.25, 0.3) is 5.91 Å². The number of hydrogen-bond donors (Lipinski definition) is 2. The average Bonchev–Trinajstić information content (AvgIpc) is 3.13. The Labute approximate surface area is 203 Å². The van der Waals surface area contributed by atoms with Crippen LogP contribution in [0.25, 0.3) is 10.9 Å². The van der Waals surface area contributed by atoms with E-state index in [2.05, 4.69) is 44.2 Å². The van der Waals surface area contributed by atoms with Crippen molar-refractivity contribution < 1.29 is 18.0 Å². The average molecular weight is 491 g/mol. The minimum atomic E-state index is -4.33. The number of hydrogen-bond acceptors (Lipinski definition) is 6. The molecular formula is C25H33F3N6O. The van der Waals surface area contributed by atoms with Gasteiger partial charge >= 0.3 is 6.18 Å². The molecule has 2 aromatic heterocycles. The third-order valence-electron chi connectivity index (χ3n) is 8.15. The molecule has 7 nitrogen and oxygen atoms in total. The lowest BCUT2D eigenvalue weighted by Gasteiger charge is -2.33. The molecule has 3 aliphatic rings. The molecule has 5 rings (SSSR count). The van der Waals surface area contributed by atoms with Crippen molar-refractivity contribution >= 4 is 22.6 Å². The molecule has 4 heterocycles. The zero-order valence-corrected chi connectivity index (χ0v) is 20.2. The highest BCUT2D eigenvalue weighted by Gasteiger charge is 2.61. The van der Waals surface area contributed by atoms with Crippen LogP contribution in [-0.4, -0.2) is 83.7 Å². The van der Waals surface area contributed by atoms with Crippen LogP contribution in [0.2, 0.25) is 0 Å². The van der Waals surface area contributed by atoms with Crippen molar-refractivity contribution in [1.29, 1.82) is 0 Å². The third-order valence-corrected chi connectivity index (χ3v) is 8.15. The second-order valence-corrected chi connectivity index (χ2v) is 10.8. The number of halogens is 3. The molecule has 0 bridgehead atoms. The van der Waals surface area contributed by atoms with E-state index in [-0.39, 0.29) is 23.5 Å². The van der Waals surface area contributed by atoms with Crippen molar-refractivity contribution in [2.45, 2.75) is 38.9 Å². The topological polar surface area (TPSA) is 73.4 Å². The molecule has 190 valence electrons. The molecule has 2 N–H and O–H groups in total. The predicted molar refractivity (Wildman–Crippen MR) is 128 cm³/mol. The number of nitrogens with zero attached hydrogens (tertiary/aromatic N) is 4. The van der Waals surface area contributed by atoms with Gasteiger partial charge in [-0.1, -0.05) is 13.8 Å². The van der Waals surface area contributed by atoms with Crippen molar-refractivity contribution in [3.8, 4) is 0 Å². The lowest BCUT2D eigenvalue weighted by Crippen LogP contribution is -2.46. The molecule has 0 spiro atoms. The molecule has 2 unspecified atom stereocenters. The molecule has 2 aliphatic heterocycles. The van der Waals surface area contributed by atoms with Gasteiger partial charge < -0.3 is 20.4 Å². The van der Waals surface area contributed by atoms with Crippen LogP contribution in [0.3, 0.4) is 0 Å². The van der Waals surface area contributed by atoms with Crippen LogP contribution in [0.1, 0.15) is 37.2 Å². The number of aromatic nitrogens is 2. The second kappa shape index (κ2) is 9.20. The summed E-state index contributed by atoms with van der Waals surface area (Å²) in [6, 6.07) is 4.70. The summed E-state index contributed by atoms with van der Waals surface area (Å²) < 4.78 is 37.4. The number of anilines is 1. The number of likely N-dealkylation sites (tertiary alicyclic amines) is 2. The predicted octanol–water partition coefficient (Wildman–Crippen LogP) is 3.39. The Hall–Kier alpha value is -2.46. The number of carbonyl (C=O) groups excluding carboxylic acids is 1. The fourth-order valence-electron chi connectivity index (χ4n) is 5.76. The highest BCUT2D eigenvalue weighted by atomic mass is 19.4. The van der Waals surface area contributed by atoms with Crippen LogP contribution in [0, 0.1) is 17.3 Å². The number of nitrogens with one attached hydrogen (secondary N) is 2. The van der Waals surface area contributed by atoms with Crippen molar-refractivity contribution in [2.24, 2.45) is 17.3 Å². The zero-order valence-electron chi connectivity index (χ0n) is 20.2. The van der Waals surface area contributed by atoms with E-state index in [1.54, 1.807) is 12.1 Å². The Bertz CT molecular complexity index is 1070. The van der Waals surface area contributed by atoms with Gasteiger partial charge in [-0.05, 0) is 48.3 Å². The van der Waals surface area contributed by atoms with Gasteiger partial charge in [0.05, 0.1) is 5.52 Å². The van der Waals surface area contributed by atoms with Gasteiger partial charge in [0.2, 0.25) is 0 Å². The minimum absolute atomic E-state index is 0.0803. The van der Waals surface area contributed by atoms with E-state index in [9.17, 15) is 18.0 Å². The number of carbonyl (C=O) groups is 1. The molecule has 0 radical (unpaired) electrons. The van der Waals surface area contributed by atoms with Crippen LogP contribution in [0.15, 0.2) is 24.4 Å². The fraction of sp³-hybridized carbons (Fsp3) is 0.640. The van der Waals surface area contributed by atoms with Crippen LogP contribution >= 0.6 is 0 Å². The Morgan fingerprint density at radius 1 is 1.09 bits per heavy atom. The quantitative estimate of drug-likeness (QED) is 0.620. The van der Waals surface area contributed by atoms with Crippen LogP contribution in [0.5, 0.6) is 0 Å². The molecule has 2 saturated heterocycles. The molecular weight excluding hydrogens is 457 g/mol. The summed E-state index contributed by atoms with van der Waals surface area (Å²) in [6.45, 7) is 10.2. The lowest BCUT2D eigenvalue weighted by atomic mass is 10.0. The van der Waals surface area contributed by atoms with E-state index in [0.717, 1.165) is 50.9 Å². The van der Waals surface area contributed by atoms with E-state index in [1.165, 1.54) is 25.4 Å². The SMILES string of the molecule is CC1(C)C2CN(CCN3CCC(NC(=O)c4nccc5nc(NCC(F)(F)F)ccc45)CC3)CC21. The number of amides is 1. The first kappa shape index (κ1) is 24.2. The van der Waals surface area contributed by atoms with Crippen LogP contribution in [0.4, 0.5) is 19.0 Å². The van der Waals surface area contributed by atoms with Crippen molar-refractivity contribution in [1.82, 2.24) is 25.1 Å². The van der Waals surface area contributed by atoms with Gasteiger partial charge in [-0.2, -0.15) is 13.2 Å². The Morgan fingerprint density at radius 2 is 1.77 bits per heavy atom. The van der Waals surface area contributed by atoms with Gasteiger partial charge in [-0.25, -0.2) is 4.98 Å². The number of piperidine rings is 2. The highest BCUT2D eigenvalue weighted by Crippen LogP contribution is 2.61. The van der Waals surface area contributed by atoms with Crippen molar-refractivity contribution in [2.75, 3.05) is 51.1 Å². The summed E-state index contributed by atoms with van der Waals surface area (Å²) >= 11 is 0. The molecule has 0 aromatic carbocycles. The molecule has 10 heteroatoms. The summed E-state index contributed by atoms with van der Waals surface area (Å²) in [4.78, 5) is 26.5. The summed E-state index contributed by atoms with van der Waals surface area (Å²) in [7, 11) is 0. The fourth-order valence-corrected chi connectivity index (χ4v) is 5.76. The number of rotatable bonds is 7. The van der Waals surface area contributed by atoms with Crippen LogP contribution < -0.4 is 10.6 Å². The zero-order chi connectivity index (χ0) is 24.8. The van der Waals surface area contributed by atoms with E-state index >= 15 is 0 Å². The Morgan fingerprint density at radius 3 is 2.46 bits per heavy atom. The lowest BCUT2D eigenvalue weighted by molar-refractivity contribution is -0.115. The maximum Gasteiger partial charge on any atom is 0.405 e. The maximum atomic E-state index is 13.0. The summed E-state index contributed by atoms with van der Waals surface area (Å²) in [5, 5.41) is 5.88. The van der Waals surface area contributed by atoms with Gasteiger partial charge in [-0.15, -0.1) is 0 Å². The van der Waals surface area contributed by atoms with Gasteiger partial charge in [0.1, 0.15) is 18.1 Å². The Balaban J connectivity index is 1.10. The monoisotopic (exact) mass is 490 g/mol. The van der Waals surface area contributed by atoms with E-state index < -0.39 is 12.7 Å². The van der Waals surface area contributed by atoms with Crippen molar-refractivity contribution in [3.63, 3.8) is 0 Å². The molecule has 1 saturated carbocycles. The number of alkyl halides is 3. The van der Waals surface area contributed by atoms with Crippen LogP contribution in [-0.2, 0) is 0 Å². The number of fused-ring (bicyclic) bond motifs is 2. The Kier molecular flexibility index (Phi) is 6.37. The molecule has 3 fully saturated rings. The molecule has 2 atom stereocenters. The first-order valence-corrected chi connectivity index (χ1v) is 12.4. The summed E-state index contributed by atoms with van der Waals surface area (Å²) in [5.74, 6) is 1.59. The molecule has 2 aromatic rings. The van der Waals surface area contributed by atoms with E-state index in [4.69, 9.17) is 0 Å². The van der Waals surface area contributed by atoms with Gasteiger partial charge in [-0.3, -0.25) is 9.78 Å².